The fourth-order valence-electron chi connectivity index (χ4n) is 2.59. The van der Waals surface area contributed by atoms with Crippen molar-refractivity contribution in [2.24, 2.45) is 11.3 Å². The molecular weight excluding hydrogens is 232 g/mol. The number of nitrogen functional groups attached to an aromatic ring is 1. The lowest BCUT2D eigenvalue weighted by molar-refractivity contribution is -0.384. The quantitative estimate of drug-likeness (QED) is 0.615. The van der Waals surface area contributed by atoms with Gasteiger partial charge >= 0.3 is 5.69 Å². The maximum Gasteiger partial charge on any atom is 0.311 e. The summed E-state index contributed by atoms with van der Waals surface area (Å²) in [4.78, 5) is 14.5. The van der Waals surface area contributed by atoms with E-state index in [4.69, 9.17) is 5.73 Å². The molecule has 6 heteroatoms. The van der Waals surface area contributed by atoms with Gasteiger partial charge in [-0.1, -0.05) is 0 Å². The van der Waals surface area contributed by atoms with Crippen molar-refractivity contribution >= 4 is 17.3 Å². The molecule has 0 atom stereocenters. The van der Waals surface area contributed by atoms with Gasteiger partial charge in [0.1, 0.15) is 5.82 Å². The van der Waals surface area contributed by atoms with Gasteiger partial charge in [0, 0.05) is 12.6 Å². The molecule has 0 amide bonds. The van der Waals surface area contributed by atoms with Crippen molar-refractivity contribution in [2.45, 2.75) is 25.7 Å². The number of rotatable bonds is 5. The van der Waals surface area contributed by atoms with E-state index in [1.54, 1.807) is 0 Å². The molecule has 3 N–H and O–H groups in total. The predicted octanol–water partition coefficient (Wildman–Crippen LogP) is 2.17. The minimum Gasteiger partial charge on any atom is -0.384 e. The van der Waals surface area contributed by atoms with E-state index in [0.29, 0.717) is 17.1 Å². The van der Waals surface area contributed by atoms with Gasteiger partial charge in [0.15, 0.2) is 0 Å². The molecule has 1 aromatic heterocycles. The Bertz CT molecular complexity index is 495. The van der Waals surface area contributed by atoms with Crippen molar-refractivity contribution in [3.8, 4) is 0 Å². The average Bonchev–Trinajstić information content (AvgIpc) is 3.18. The average molecular weight is 248 g/mol. The molecular formula is C12H16N4O2. The summed E-state index contributed by atoms with van der Waals surface area (Å²) >= 11 is 0. The molecule has 3 rings (SSSR count). The molecule has 0 aliphatic heterocycles. The van der Waals surface area contributed by atoms with Crippen LogP contribution >= 0.6 is 0 Å². The number of pyridine rings is 1. The zero-order valence-electron chi connectivity index (χ0n) is 10.1. The fourth-order valence-corrected chi connectivity index (χ4v) is 2.59. The van der Waals surface area contributed by atoms with Gasteiger partial charge < -0.3 is 11.1 Å². The second-order valence-electron chi connectivity index (χ2n) is 5.35. The van der Waals surface area contributed by atoms with Crippen LogP contribution in [0.1, 0.15) is 25.7 Å². The molecule has 0 bridgehead atoms. The molecule has 2 aliphatic rings. The summed E-state index contributed by atoms with van der Waals surface area (Å²) in [6.45, 7) is 0.773. The molecule has 6 nitrogen and oxygen atoms in total. The van der Waals surface area contributed by atoms with Crippen molar-refractivity contribution in [3.63, 3.8) is 0 Å². The van der Waals surface area contributed by atoms with E-state index in [-0.39, 0.29) is 5.69 Å². The van der Waals surface area contributed by atoms with Crippen LogP contribution in [0.4, 0.5) is 17.3 Å². The van der Waals surface area contributed by atoms with Crippen molar-refractivity contribution in [3.05, 3.63) is 22.2 Å². The van der Waals surface area contributed by atoms with Crippen LogP contribution in [0.5, 0.6) is 0 Å². The van der Waals surface area contributed by atoms with Gasteiger partial charge in [-0.2, -0.15) is 0 Å². The highest BCUT2D eigenvalue weighted by Gasteiger charge is 2.53. The minimum atomic E-state index is -0.425. The highest BCUT2D eigenvalue weighted by molar-refractivity contribution is 5.59. The standard InChI is InChI=1S/C12H16N4O2/c13-10-4-3-9(16(17)18)11(15-10)14-7-12(5-6-12)8-1-2-8/h3-4,8H,1-2,5-7H2,(H3,13,14,15). The van der Waals surface area contributed by atoms with E-state index in [2.05, 4.69) is 10.3 Å². The first-order valence-electron chi connectivity index (χ1n) is 6.25. The largest absolute Gasteiger partial charge is 0.384 e. The molecule has 18 heavy (non-hydrogen) atoms. The topological polar surface area (TPSA) is 94.1 Å². The number of aromatic nitrogens is 1. The Morgan fingerprint density at radius 1 is 1.50 bits per heavy atom. The van der Waals surface area contributed by atoms with Crippen LogP contribution in [0.15, 0.2) is 12.1 Å². The third kappa shape index (κ3) is 1.98. The first kappa shape index (κ1) is 11.3. The molecule has 2 saturated carbocycles. The number of nitrogens with two attached hydrogens (primary N) is 1. The number of anilines is 2. The van der Waals surface area contributed by atoms with Gasteiger partial charge in [-0.25, -0.2) is 4.98 Å². The Kier molecular flexibility index (Phi) is 2.39. The van der Waals surface area contributed by atoms with Crippen LogP contribution in [-0.4, -0.2) is 16.5 Å². The maximum atomic E-state index is 10.9. The van der Waals surface area contributed by atoms with E-state index in [1.807, 2.05) is 0 Å². The molecule has 96 valence electrons. The van der Waals surface area contributed by atoms with Crippen molar-refractivity contribution in [2.75, 3.05) is 17.6 Å². The van der Waals surface area contributed by atoms with Crippen LogP contribution in [-0.2, 0) is 0 Å². The number of hydrogen-bond acceptors (Lipinski definition) is 5. The van der Waals surface area contributed by atoms with Crippen molar-refractivity contribution < 1.29 is 4.92 Å². The van der Waals surface area contributed by atoms with E-state index >= 15 is 0 Å². The SMILES string of the molecule is Nc1ccc([N+](=O)[O-])c(NCC2(C3CC3)CC2)n1. The summed E-state index contributed by atoms with van der Waals surface area (Å²) in [6, 6.07) is 2.86. The van der Waals surface area contributed by atoms with Crippen LogP contribution in [0, 0.1) is 21.4 Å². The minimum absolute atomic E-state index is 0.00389. The molecule has 1 aromatic rings. The number of hydrogen-bond donors (Lipinski definition) is 2. The lowest BCUT2D eigenvalue weighted by atomic mass is 10.0. The Hall–Kier alpha value is -1.85. The third-order valence-corrected chi connectivity index (χ3v) is 4.04. The molecule has 0 unspecified atom stereocenters. The van der Waals surface area contributed by atoms with Gasteiger partial charge in [-0.05, 0) is 43.1 Å². The first-order valence-corrected chi connectivity index (χ1v) is 6.25. The zero-order chi connectivity index (χ0) is 12.8. The summed E-state index contributed by atoms with van der Waals surface area (Å²) < 4.78 is 0. The van der Waals surface area contributed by atoms with E-state index in [0.717, 1.165) is 12.5 Å². The van der Waals surface area contributed by atoms with E-state index in [9.17, 15) is 10.1 Å². The van der Waals surface area contributed by atoms with Gasteiger partial charge in [0.05, 0.1) is 4.92 Å². The van der Waals surface area contributed by atoms with Crippen LogP contribution in [0.2, 0.25) is 0 Å². The third-order valence-electron chi connectivity index (χ3n) is 4.04. The van der Waals surface area contributed by atoms with Gasteiger partial charge in [0.2, 0.25) is 5.82 Å². The molecule has 2 aliphatic carbocycles. The van der Waals surface area contributed by atoms with Crippen LogP contribution in [0.25, 0.3) is 0 Å². The Balaban J connectivity index is 1.75. The lowest BCUT2D eigenvalue weighted by Crippen LogP contribution is -2.18. The summed E-state index contributed by atoms with van der Waals surface area (Å²) in [5, 5.41) is 14.0. The molecule has 0 spiro atoms. The van der Waals surface area contributed by atoms with Gasteiger partial charge in [-0.3, -0.25) is 10.1 Å². The highest BCUT2D eigenvalue weighted by Crippen LogP contribution is 2.61. The van der Waals surface area contributed by atoms with Crippen molar-refractivity contribution in [1.29, 1.82) is 0 Å². The highest BCUT2D eigenvalue weighted by atomic mass is 16.6. The normalized spacial score (nSPS) is 20.4. The Morgan fingerprint density at radius 3 is 2.78 bits per heavy atom. The van der Waals surface area contributed by atoms with Crippen LogP contribution in [0.3, 0.4) is 0 Å². The second-order valence-corrected chi connectivity index (χ2v) is 5.35. The lowest BCUT2D eigenvalue weighted by Gasteiger charge is -2.15. The van der Waals surface area contributed by atoms with E-state index < -0.39 is 4.92 Å². The molecule has 2 fully saturated rings. The monoisotopic (exact) mass is 248 g/mol. The first-order chi connectivity index (χ1) is 8.61. The summed E-state index contributed by atoms with van der Waals surface area (Å²) in [5.41, 5.74) is 5.95. The second kappa shape index (κ2) is 3.83. The Labute approximate surface area is 105 Å². The molecule has 1 heterocycles. The zero-order valence-corrected chi connectivity index (χ0v) is 10.1. The van der Waals surface area contributed by atoms with Gasteiger partial charge in [0.25, 0.3) is 0 Å². The maximum absolute atomic E-state index is 10.9. The number of nitrogens with one attached hydrogen (secondary N) is 1. The summed E-state index contributed by atoms with van der Waals surface area (Å²) in [6.07, 6.45) is 5.05. The summed E-state index contributed by atoms with van der Waals surface area (Å²) in [5.74, 6) is 1.41. The summed E-state index contributed by atoms with van der Waals surface area (Å²) in [7, 11) is 0. The van der Waals surface area contributed by atoms with Gasteiger partial charge in [-0.15, -0.1) is 0 Å². The number of nitro groups is 1. The molecule has 0 aromatic carbocycles. The molecule has 0 radical (unpaired) electrons. The van der Waals surface area contributed by atoms with E-state index in [1.165, 1.54) is 37.8 Å². The van der Waals surface area contributed by atoms with Crippen molar-refractivity contribution in [1.82, 2.24) is 4.98 Å². The number of nitrogens with zero attached hydrogens (tertiary/aromatic N) is 2. The predicted molar refractivity (Wildman–Crippen MR) is 68.2 cm³/mol. The Morgan fingerprint density at radius 2 is 2.22 bits per heavy atom. The smallest absolute Gasteiger partial charge is 0.311 e. The fraction of sp³-hybridized carbons (Fsp3) is 0.583. The van der Waals surface area contributed by atoms with Crippen LogP contribution < -0.4 is 11.1 Å². The molecule has 0 saturated heterocycles.